The van der Waals surface area contributed by atoms with Crippen LogP contribution in [-0.4, -0.2) is 36.1 Å². The molecule has 0 aliphatic carbocycles. The molecule has 1 aliphatic rings. The summed E-state index contributed by atoms with van der Waals surface area (Å²) < 4.78 is 7.17. The molecule has 1 aliphatic heterocycles. The molecule has 4 rings (SSSR count). The fourth-order valence-electron chi connectivity index (χ4n) is 3.83. The number of rotatable bonds is 7. The van der Waals surface area contributed by atoms with Gasteiger partial charge in [-0.1, -0.05) is 49.8 Å². The number of unbranched alkanes of at least 4 members (excludes halogenated alkanes) is 1. The standard InChI is InChI=1S/C25H30N4O/c1-4-5-11-23(19-12-14-20(15-13-19)28(3)22-16-30-17-22)24-18(2)27-29(25(24)26)21-9-7-6-8-10-21/h6-15,22H,4-5,16-17,26H2,1-3H3/b23-11-. The average Bonchev–Trinajstić information content (AvgIpc) is 3.02. The van der Waals surface area contributed by atoms with Crippen molar-refractivity contribution in [1.29, 1.82) is 0 Å². The summed E-state index contributed by atoms with van der Waals surface area (Å²) >= 11 is 0. The normalized spacial score (nSPS) is 14.6. The van der Waals surface area contributed by atoms with Crippen LogP contribution in [0.1, 0.15) is 36.6 Å². The van der Waals surface area contributed by atoms with Crippen molar-refractivity contribution in [3.63, 3.8) is 0 Å². The molecule has 2 heterocycles. The fraction of sp³-hybridized carbons (Fsp3) is 0.320. The fourth-order valence-corrected chi connectivity index (χ4v) is 3.83. The number of nitrogen functional groups attached to an aromatic ring is 1. The molecule has 1 fully saturated rings. The molecular weight excluding hydrogens is 372 g/mol. The van der Waals surface area contributed by atoms with Crippen molar-refractivity contribution in [3.8, 4) is 5.69 Å². The van der Waals surface area contributed by atoms with Gasteiger partial charge in [-0.2, -0.15) is 5.10 Å². The average molecular weight is 403 g/mol. The molecule has 3 aromatic rings. The van der Waals surface area contributed by atoms with Crippen molar-refractivity contribution >= 4 is 17.1 Å². The number of anilines is 2. The van der Waals surface area contributed by atoms with Crippen LogP contribution in [0.25, 0.3) is 11.3 Å². The maximum atomic E-state index is 6.63. The number of likely N-dealkylation sites (N-methyl/N-ethyl adjacent to an activating group) is 1. The van der Waals surface area contributed by atoms with E-state index in [1.807, 2.05) is 41.9 Å². The summed E-state index contributed by atoms with van der Waals surface area (Å²) in [5.74, 6) is 0.675. The summed E-state index contributed by atoms with van der Waals surface area (Å²) in [5, 5.41) is 4.75. The second-order valence-corrected chi connectivity index (χ2v) is 7.85. The highest BCUT2D eigenvalue weighted by atomic mass is 16.5. The predicted octanol–water partition coefficient (Wildman–Crippen LogP) is 4.83. The molecule has 0 amide bonds. The number of hydrogen-bond acceptors (Lipinski definition) is 4. The van der Waals surface area contributed by atoms with Gasteiger partial charge in [-0.25, -0.2) is 4.68 Å². The van der Waals surface area contributed by atoms with E-state index in [0.29, 0.717) is 11.9 Å². The minimum Gasteiger partial charge on any atom is -0.383 e. The molecule has 5 nitrogen and oxygen atoms in total. The Balaban J connectivity index is 1.71. The Labute approximate surface area is 178 Å². The van der Waals surface area contributed by atoms with Gasteiger partial charge in [-0.15, -0.1) is 0 Å². The smallest absolute Gasteiger partial charge is 0.135 e. The Kier molecular flexibility index (Phi) is 5.91. The summed E-state index contributed by atoms with van der Waals surface area (Å²) in [4.78, 5) is 2.29. The third kappa shape index (κ3) is 3.85. The first kappa shape index (κ1) is 20.2. The Morgan fingerprint density at radius 3 is 2.47 bits per heavy atom. The van der Waals surface area contributed by atoms with E-state index < -0.39 is 0 Å². The van der Waals surface area contributed by atoms with Gasteiger partial charge < -0.3 is 15.4 Å². The monoisotopic (exact) mass is 402 g/mol. The van der Waals surface area contributed by atoms with Gasteiger partial charge in [0.25, 0.3) is 0 Å². The maximum absolute atomic E-state index is 6.63. The lowest BCUT2D eigenvalue weighted by Crippen LogP contribution is -2.47. The van der Waals surface area contributed by atoms with Crippen molar-refractivity contribution in [2.45, 2.75) is 32.7 Å². The van der Waals surface area contributed by atoms with E-state index in [0.717, 1.165) is 54.1 Å². The SMILES string of the molecule is CCC/C=C(/c1ccc(N(C)C2COC2)cc1)c1c(C)nn(-c2ccccc2)c1N. The molecule has 5 heteroatoms. The molecular formula is C25H30N4O. The third-order valence-corrected chi connectivity index (χ3v) is 5.76. The second kappa shape index (κ2) is 8.76. The van der Waals surface area contributed by atoms with E-state index in [1.54, 1.807) is 0 Å². The summed E-state index contributed by atoms with van der Waals surface area (Å²) in [6.07, 6.45) is 4.36. The van der Waals surface area contributed by atoms with Crippen molar-refractivity contribution in [2.75, 3.05) is 30.9 Å². The van der Waals surface area contributed by atoms with Crippen molar-refractivity contribution in [2.24, 2.45) is 0 Å². The van der Waals surface area contributed by atoms with Crippen molar-refractivity contribution in [1.82, 2.24) is 9.78 Å². The zero-order valence-corrected chi connectivity index (χ0v) is 18.0. The van der Waals surface area contributed by atoms with Crippen LogP contribution in [0.3, 0.4) is 0 Å². The lowest BCUT2D eigenvalue weighted by molar-refractivity contribution is 0.0101. The van der Waals surface area contributed by atoms with E-state index in [9.17, 15) is 0 Å². The number of ether oxygens (including phenoxy) is 1. The number of para-hydroxylation sites is 1. The van der Waals surface area contributed by atoms with Gasteiger partial charge in [0, 0.05) is 18.3 Å². The summed E-state index contributed by atoms with van der Waals surface area (Å²) in [7, 11) is 2.13. The van der Waals surface area contributed by atoms with Gasteiger partial charge >= 0.3 is 0 Å². The first-order valence-corrected chi connectivity index (χ1v) is 10.6. The second-order valence-electron chi connectivity index (χ2n) is 7.85. The lowest BCUT2D eigenvalue weighted by Gasteiger charge is -2.36. The van der Waals surface area contributed by atoms with Crippen LogP contribution in [0.15, 0.2) is 60.7 Å². The van der Waals surface area contributed by atoms with E-state index in [2.05, 4.69) is 49.2 Å². The van der Waals surface area contributed by atoms with E-state index >= 15 is 0 Å². The van der Waals surface area contributed by atoms with E-state index in [4.69, 9.17) is 15.6 Å². The van der Waals surface area contributed by atoms with Crippen molar-refractivity contribution in [3.05, 3.63) is 77.5 Å². The Morgan fingerprint density at radius 1 is 1.17 bits per heavy atom. The number of aromatic nitrogens is 2. The third-order valence-electron chi connectivity index (χ3n) is 5.76. The molecule has 2 aromatic carbocycles. The maximum Gasteiger partial charge on any atom is 0.135 e. The van der Waals surface area contributed by atoms with E-state index in [-0.39, 0.29) is 0 Å². The molecule has 156 valence electrons. The molecule has 0 atom stereocenters. The molecule has 1 saturated heterocycles. The Hall–Kier alpha value is -3.05. The van der Waals surface area contributed by atoms with Gasteiger partial charge in [0.1, 0.15) is 5.82 Å². The number of nitrogens with zero attached hydrogens (tertiary/aromatic N) is 3. The highest BCUT2D eigenvalue weighted by Gasteiger charge is 2.24. The topological polar surface area (TPSA) is 56.3 Å². The minimum atomic E-state index is 0.466. The quantitative estimate of drug-likeness (QED) is 0.615. The van der Waals surface area contributed by atoms with Crippen LogP contribution >= 0.6 is 0 Å². The molecule has 0 radical (unpaired) electrons. The summed E-state index contributed by atoms with van der Waals surface area (Å²) in [5.41, 5.74) is 13.1. The molecule has 0 spiro atoms. The Bertz CT molecular complexity index is 1020. The molecule has 1 aromatic heterocycles. The largest absolute Gasteiger partial charge is 0.383 e. The number of nitrogens with two attached hydrogens (primary N) is 1. The van der Waals surface area contributed by atoms with E-state index in [1.165, 1.54) is 5.69 Å². The molecule has 0 bridgehead atoms. The highest BCUT2D eigenvalue weighted by Crippen LogP contribution is 2.34. The van der Waals surface area contributed by atoms with Crippen LogP contribution in [0.5, 0.6) is 0 Å². The number of allylic oxidation sites excluding steroid dienone is 1. The lowest BCUT2D eigenvalue weighted by atomic mass is 9.95. The first-order chi connectivity index (χ1) is 14.6. The number of benzene rings is 2. The molecule has 0 unspecified atom stereocenters. The Morgan fingerprint density at radius 2 is 1.87 bits per heavy atom. The van der Waals surface area contributed by atoms with Gasteiger partial charge in [0.2, 0.25) is 0 Å². The van der Waals surface area contributed by atoms with Gasteiger partial charge in [0.05, 0.1) is 30.6 Å². The van der Waals surface area contributed by atoms with Crippen molar-refractivity contribution < 1.29 is 4.74 Å². The van der Waals surface area contributed by atoms with Crippen LogP contribution in [0.2, 0.25) is 0 Å². The summed E-state index contributed by atoms with van der Waals surface area (Å²) in [6, 6.07) is 19.3. The van der Waals surface area contributed by atoms with Crippen LogP contribution in [0.4, 0.5) is 11.5 Å². The zero-order chi connectivity index (χ0) is 21.1. The van der Waals surface area contributed by atoms with Gasteiger partial charge in [0.15, 0.2) is 0 Å². The molecule has 2 N–H and O–H groups in total. The van der Waals surface area contributed by atoms with Crippen LogP contribution < -0.4 is 10.6 Å². The number of aryl methyl sites for hydroxylation is 1. The first-order valence-electron chi connectivity index (χ1n) is 10.6. The number of hydrogen-bond donors (Lipinski definition) is 1. The van der Waals surface area contributed by atoms with Crippen LogP contribution in [-0.2, 0) is 4.74 Å². The van der Waals surface area contributed by atoms with Gasteiger partial charge in [-0.3, -0.25) is 0 Å². The molecule has 30 heavy (non-hydrogen) atoms. The molecule has 0 saturated carbocycles. The zero-order valence-electron chi connectivity index (χ0n) is 18.0. The van der Waals surface area contributed by atoms with Gasteiger partial charge in [-0.05, 0) is 48.7 Å². The predicted molar refractivity (Wildman–Crippen MR) is 124 cm³/mol. The highest BCUT2D eigenvalue weighted by molar-refractivity contribution is 5.86. The minimum absolute atomic E-state index is 0.466. The van der Waals surface area contributed by atoms with Crippen LogP contribution in [0, 0.1) is 6.92 Å². The summed E-state index contributed by atoms with van der Waals surface area (Å²) in [6.45, 7) is 5.82.